The summed E-state index contributed by atoms with van der Waals surface area (Å²) < 4.78 is 19.1. The Bertz CT molecular complexity index is 744. The Labute approximate surface area is 151 Å². The van der Waals surface area contributed by atoms with E-state index in [-0.39, 0.29) is 23.9 Å². The highest BCUT2D eigenvalue weighted by molar-refractivity contribution is 8.00. The molecule has 0 N–H and O–H groups in total. The predicted octanol–water partition coefficient (Wildman–Crippen LogP) is 4.26. The van der Waals surface area contributed by atoms with Crippen molar-refractivity contribution in [3.63, 3.8) is 0 Å². The first-order chi connectivity index (χ1) is 12.2. The number of nitriles is 1. The SMILES string of the molecule is CCOc1ccc(N(CCC#N)C(=O)CSc2ccccc2F)cc1. The van der Waals surface area contributed by atoms with Gasteiger partial charge in [-0.1, -0.05) is 12.1 Å². The molecular formula is C19H19FN2O2S. The number of nitrogens with zero attached hydrogens (tertiary/aromatic N) is 2. The number of halogens is 1. The highest BCUT2D eigenvalue weighted by atomic mass is 32.2. The van der Waals surface area contributed by atoms with E-state index in [9.17, 15) is 9.18 Å². The minimum atomic E-state index is -0.343. The van der Waals surface area contributed by atoms with E-state index < -0.39 is 0 Å². The average molecular weight is 358 g/mol. The van der Waals surface area contributed by atoms with Crippen molar-refractivity contribution in [2.45, 2.75) is 18.2 Å². The molecule has 0 aliphatic rings. The molecule has 2 rings (SSSR count). The van der Waals surface area contributed by atoms with Gasteiger partial charge >= 0.3 is 0 Å². The van der Waals surface area contributed by atoms with Crippen LogP contribution in [0.2, 0.25) is 0 Å². The van der Waals surface area contributed by atoms with Crippen LogP contribution in [-0.2, 0) is 4.79 Å². The largest absolute Gasteiger partial charge is 0.494 e. The molecule has 6 heteroatoms. The van der Waals surface area contributed by atoms with Gasteiger partial charge in [0.25, 0.3) is 0 Å². The number of carbonyl (C=O) groups excluding carboxylic acids is 1. The highest BCUT2D eigenvalue weighted by Crippen LogP contribution is 2.24. The van der Waals surface area contributed by atoms with Crippen LogP contribution in [-0.4, -0.2) is 24.8 Å². The molecule has 2 aromatic carbocycles. The zero-order chi connectivity index (χ0) is 18.1. The van der Waals surface area contributed by atoms with Gasteiger partial charge in [0, 0.05) is 17.1 Å². The van der Waals surface area contributed by atoms with Gasteiger partial charge in [0.15, 0.2) is 0 Å². The van der Waals surface area contributed by atoms with Gasteiger partial charge in [0.2, 0.25) is 5.91 Å². The lowest BCUT2D eigenvalue weighted by Gasteiger charge is -2.22. The lowest BCUT2D eigenvalue weighted by molar-refractivity contribution is -0.116. The standard InChI is InChI=1S/C19H19FN2O2S/c1-2-24-16-10-8-15(9-11-16)22(13-5-12-21)19(23)14-25-18-7-4-3-6-17(18)20/h3-4,6-11H,2,5,13-14H2,1H3. The van der Waals surface area contributed by atoms with Crippen LogP contribution >= 0.6 is 11.8 Å². The third-order valence-electron chi connectivity index (χ3n) is 3.40. The van der Waals surface area contributed by atoms with Crippen molar-refractivity contribution in [1.82, 2.24) is 0 Å². The summed E-state index contributed by atoms with van der Waals surface area (Å²) >= 11 is 1.15. The van der Waals surface area contributed by atoms with Crippen LogP contribution in [0.5, 0.6) is 5.75 Å². The quantitative estimate of drug-likeness (QED) is 0.662. The van der Waals surface area contributed by atoms with Gasteiger partial charge in [-0.25, -0.2) is 4.39 Å². The first kappa shape index (κ1) is 18.8. The molecule has 0 unspecified atom stereocenters. The maximum absolute atomic E-state index is 13.7. The van der Waals surface area contributed by atoms with Crippen LogP contribution in [0, 0.1) is 17.1 Å². The smallest absolute Gasteiger partial charge is 0.237 e. The van der Waals surface area contributed by atoms with Crippen molar-refractivity contribution in [3.05, 3.63) is 54.3 Å². The topological polar surface area (TPSA) is 53.3 Å². The Kier molecular flexibility index (Phi) is 7.30. The monoisotopic (exact) mass is 358 g/mol. The van der Waals surface area contributed by atoms with Crippen molar-refractivity contribution in [2.75, 3.05) is 23.8 Å². The van der Waals surface area contributed by atoms with E-state index in [1.54, 1.807) is 47.4 Å². The average Bonchev–Trinajstić information content (AvgIpc) is 2.63. The van der Waals surface area contributed by atoms with Crippen LogP contribution < -0.4 is 9.64 Å². The molecule has 0 aliphatic heterocycles. The summed E-state index contributed by atoms with van der Waals surface area (Å²) in [4.78, 5) is 14.6. The number of hydrogen-bond donors (Lipinski definition) is 0. The normalized spacial score (nSPS) is 10.1. The number of ether oxygens (including phenoxy) is 1. The number of amides is 1. The Morgan fingerprint density at radius 2 is 1.96 bits per heavy atom. The summed E-state index contributed by atoms with van der Waals surface area (Å²) in [6.45, 7) is 2.76. The molecular weight excluding hydrogens is 339 g/mol. The summed E-state index contributed by atoms with van der Waals surface area (Å²) in [5.74, 6) is 0.303. The second kappa shape index (κ2) is 9.70. The van der Waals surface area contributed by atoms with Crippen LogP contribution in [0.15, 0.2) is 53.4 Å². The van der Waals surface area contributed by atoms with Crippen LogP contribution in [0.4, 0.5) is 10.1 Å². The van der Waals surface area contributed by atoms with E-state index in [2.05, 4.69) is 6.07 Å². The Hall–Kier alpha value is -2.52. The van der Waals surface area contributed by atoms with E-state index in [1.807, 2.05) is 6.92 Å². The molecule has 0 saturated heterocycles. The maximum Gasteiger partial charge on any atom is 0.237 e. The minimum absolute atomic E-state index is 0.0968. The van der Waals surface area contributed by atoms with E-state index in [0.29, 0.717) is 23.7 Å². The van der Waals surface area contributed by atoms with Crippen molar-refractivity contribution in [1.29, 1.82) is 5.26 Å². The molecule has 0 fully saturated rings. The van der Waals surface area contributed by atoms with Gasteiger partial charge in [-0.2, -0.15) is 5.26 Å². The second-order valence-electron chi connectivity index (χ2n) is 5.10. The fourth-order valence-electron chi connectivity index (χ4n) is 2.23. The molecule has 0 atom stereocenters. The third-order valence-corrected chi connectivity index (χ3v) is 4.43. The molecule has 25 heavy (non-hydrogen) atoms. The highest BCUT2D eigenvalue weighted by Gasteiger charge is 2.16. The summed E-state index contributed by atoms with van der Waals surface area (Å²) in [5.41, 5.74) is 0.692. The van der Waals surface area contributed by atoms with Gasteiger partial charge < -0.3 is 9.64 Å². The lowest BCUT2D eigenvalue weighted by Crippen LogP contribution is -2.33. The first-order valence-corrected chi connectivity index (χ1v) is 8.91. The summed E-state index contributed by atoms with van der Waals surface area (Å²) in [7, 11) is 0. The molecule has 0 heterocycles. The van der Waals surface area contributed by atoms with Gasteiger partial charge in [0.05, 0.1) is 24.8 Å². The molecule has 0 saturated carbocycles. The van der Waals surface area contributed by atoms with Gasteiger partial charge in [0.1, 0.15) is 11.6 Å². The van der Waals surface area contributed by atoms with Gasteiger partial charge in [-0.05, 0) is 43.3 Å². The summed E-state index contributed by atoms with van der Waals surface area (Å²) in [6.07, 6.45) is 0.226. The number of rotatable bonds is 8. The number of carbonyl (C=O) groups is 1. The van der Waals surface area contributed by atoms with Crippen LogP contribution in [0.25, 0.3) is 0 Å². The van der Waals surface area contributed by atoms with Crippen LogP contribution in [0.3, 0.4) is 0 Å². The Morgan fingerprint density at radius 3 is 2.60 bits per heavy atom. The van der Waals surface area contributed by atoms with Crippen molar-refractivity contribution < 1.29 is 13.9 Å². The molecule has 0 spiro atoms. The van der Waals surface area contributed by atoms with Crippen molar-refractivity contribution in [3.8, 4) is 11.8 Å². The second-order valence-corrected chi connectivity index (χ2v) is 6.12. The molecule has 1 amide bonds. The molecule has 0 bridgehead atoms. The Balaban J connectivity index is 2.09. The minimum Gasteiger partial charge on any atom is -0.494 e. The number of anilines is 1. The molecule has 0 aliphatic carbocycles. The van der Waals surface area contributed by atoms with Crippen molar-refractivity contribution >= 4 is 23.4 Å². The zero-order valence-corrected chi connectivity index (χ0v) is 14.8. The third kappa shape index (κ3) is 5.50. The summed E-state index contributed by atoms with van der Waals surface area (Å²) in [6, 6.07) is 15.6. The molecule has 4 nitrogen and oxygen atoms in total. The fourth-order valence-corrected chi connectivity index (χ4v) is 3.04. The van der Waals surface area contributed by atoms with E-state index in [1.165, 1.54) is 6.07 Å². The first-order valence-electron chi connectivity index (χ1n) is 7.93. The number of hydrogen-bond acceptors (Lipinski definition) is 4. The van der Waals surface area contributed by atoms with Crippen molar-refractivity contribution in [2.24, 2.45) is 0 Å². The van der Waals surface area contributed by atoms with E-state index >= 15 is 0 Å². The molecule has 0 aromatic heterocycles. The lowest BCUT2D eigenvalue weighted by atomic mass is 10.2. The number of benzene rings is 2. The van der Waals surface area contributed by atoms with E-state index in [4.69, 9.17) is 10.00 Å². The molecule has 0 radical (unpaired) electrons. The predicted molar refractivity (Wildman–Crippen MR) is 97.3 cm³/mol. The summed E-state index contributed by atoms with van der Waals surface area (Å²) in [5, 5.41) is 8.84. The molecule has 130 valence electrons. The molecule has 2 aromatic rings. The number of thioether (sulfide) groups is 1. The fraction of sp³-hybridized carbons (Fsp3) is 0.263. The Morgan fingerprint density at radius 1 is 1.24 bits per heavy atom. The maximum atomic E-state index is 13.7. The van der Waals surface area contributed by atoms with E-state index in [0.717, 1.165) is 17.5 Å². The van der Waals surface area contributed by atoms with Gasteiger partial charge in [-0.15, -0.1) is 11.8 Å². The van der Waals surface area contributed by atoms with Crippen LogP contribution in [0.1, 0.15) is 13.3 Å². The zero-order valence-electron chi connectivity index (χ0n) is 13.9. The van der Waals surface area contributed by atoms with Gasteiger partial charge in [-0.3, -0.25) is 4.79 Å².